The first kappa shape index (κ1) is 13.5. The lowest BCUT2D eigenvalue weighted by molar-refractivity contribution is -0.137. The van der Waals surface area contributed by atoms with Crippen LogP contribution in [0.1, 0.15) is 12.8 Å². The lowest BCUT2D eigenvalue weighted by Crippen LogP contribution is -2.06. The van der Waals surface area contributed by atoms with Gasteiger partial charge in [0, 0.05) is 23.4 Å². The van der Waals surface area contributed by atoms with Crippen LogP contribution in [0.5, 0.6) is 0 Å². The number of aliphatic carboxylic acids is 1. The number of carboxylic acids is 1. The van der Waals surface area contributed by atoms with E-state index in [0.717, 1.165) is 10.5 Å². The third-order valence-corrected chi connectivity index (χ3v) is 3.44. The van der Waals surface area contributed by atoms with Crippen molar-refractivity contribution < 1.29 is 9.90 Å². The molecule has 1 aromatic heterocycles. The van der Waals surface area contributed by atoms with Gasteiger partial charge in [-0.3, -0.25) is 4.79 Å². The summed E-state index contributed by atoms with van der Waals surface area (Å²) >= 11 is 1.63. The summed E-state index contributed by atoms with van der Waals surface area (Å²) in [7, 11) is 0. The SMILES string of the molecule is CSc1ccccc1-c1nnnn1CCCC(=O)O. The third-order valence-electron chi connectivity index (χ3n) is 2.64. The van der Waals surface area contributed by atoms with Crippen molar-refractivity contribution in [2.24, 2.45) is 0 Å². The maximum atomic E-state index is 10.5. The van der Waals surface area contributed by atoms with E-state index in [4.69, 9.17) is 5.11 Å². The first-order valence-corrected chi connectivity index (χ1v) is 7.06. The van der Waals surface area contributed by atoms with Gasteiger partial charge < -0.3 is 5.11 Å². The molecule has 0 radical (unpaired) electrons. The van der Waals surface area contributed by atoms with Crippen LogP contribution in [-0.2, 0) is 11.3 Å². The molecule has 0 bridgehead atoms. The van der Waals surface area contributed by atoms with E-state index >= 15 is 0 Å². The quantitative estimate of drug-likeness (QED) is 0.813. The number of rotatable bonds is 6. The molecule has 0 unspecified atom stereocenters. The van der Waals surface area contributed by atoms with Crippen molar-refractivity contribution >= 4 is 17.7 Å². The molecule has 0 saturated heterocycles. The fourth-order valence-electron chi connectivity index (χ4n) is 1.76. The Balaban J connectivity index is 2.21. The lowest BCUT2D eigenvalue weighted by Gasteiger charge is -2.07. The zero-order valence-corrected chi connectivity index (χ0v) is 11.3. The van der Waals surface area contributed by atoms with Gasteiger partial charge in [-0.25, -0.2) is 4.68 Å². The average Bonchev–Trinajstić information content (AvgIpc) is 2.86. The second-order valence-electron chi connectivity index (χ2n) is 3.92. The van der Waals surface area contributed by atoms with Crippen molar-refractivity contribution in [3.8, 4) is 11.4 Å². The second-order valence-corrected chi connectivity index (χ2v) is 4.77. The molecule has 6 nitrogen and oxygen atoms in total. The largest absolute Gasteiger partial charge is 0.481 e. The average molecular weight is 278 g/mol. The normalized spacial score (nSPS) is 10.6. The minimum absolute atomic E-state index is 0.115. The standard InChI is InChI=1S/C12H14N4O2S/c1-19-10-6-3-2-5-9(10)12-13-14-15-16(12)8-4-7-11(17)18/h2-3,5-6H,4,7-8H2,1H3,(H,17,18). The summed E-state index contributed by atoms with van der Waals surface area (Å²) < 4.78 is 1.65. The zero-order chi connectivity index (χ0) is 13.7. The van der Waals surface area contributed by atoms with Crippen molar-refractivity contribution in [3.05, 3.63) is 24.3 Å². The molecule has 0 aliphatic heterocycles. The first-order chi connectivity index (χ1) is 9.22. The molecular formula is C12H14N4O2S. The molecule has 0 fully saturated rings. The van der Waals surface area contributed by atoms with Gasteiger partial charge in [0.05, 0.1) is 0 Å². The van der Waals surface area contributed by atoms with Crippen LogP contribution in [0.25, 0.3) is 11.4 Å². The fourth-order valence-corrected chi connectivity index (χ4v) is 2.35. The molecule has 7 heteroatoms. The van der Waals surface area contributed by atoms with E-state index in [-0.39, 0.29) is 6.42 Å². The molecule has 0 aliphatic rings. The molecule has 19 heavy (non-hydrogen) atoms. The van der Waals surface area contributed by atoms with Crippen LogP contribution in [0.15, 0.2) is 29.2 Å². The van der Waals surface area contributed by atoms with E-state index < -0.39 is 5.97 Å². The number of hydrogen-bond acceptors (Lipinski definition) is 5. The predicted octanol–water partition coefficient (Wildman–Crippen LogP) is 1.93. The van der Waals surface area contributed by atoms with Crippen molar-refractivity contribution in [3.63, 3.8) is 0 Å². The minimum Gasteiger partial charge on any atom is -0.481 e. The van der Waals surface area contributed by atoms with Gasteiger partial charge in [-0.15, -0.1) is 16.9 Å². The molecule has 2 aromatic rings. The summed E-state index contributed by atoms with van der Waals surface area (Å²) in [5.74, 6) is -0.130. The van der Waals surface area contributed by atoms with Crippen molar-refractivity contribution in [2.45, 2.75) is 24.3 Å². The monoisotopic (exact) mass is 278 g/mol. The van der Waals surface area contributed by atoms with Gasteiger partial charge in [0.15, 0.2) is 5.82 Å². The van der Waals surface area contributed by atoms with Gasteiger partial charge in [-0.05, 0) is 35.2 Å². The van der Waals surface area contributed by atoms with Crippen LogP contribution in [0.4, 0.5) is 0 Å². The summed E-state index contributed by atoms with van der Waals surface area (Å²) in [6, 6.07) is 7.88. The number of hydrogen-bond donors (Lipinski definition) is 1. The molecule has 1 heterocycles. The highest BCUT2D eigenvalue weighted by atomic mass is 32.2. The Bertz CT molecular complexity index is 570. The molecule has 0 spiro atoms. The fraction of sp³-hybridized carbons (Fsp3) is 0.333. The maximum Gasteiger partial charge on any atom is 0.303 e. The van der Waals surface area contributed by atoms with E-state index in [1.54, 1.807) is 16.4 Å². The van der Waals surface area contributed by atoms with Gasteiger partial charge in [-0.2, -0.15) is 0 Å². The van der Waals surface area contributed by atoms with E-state index in [1.807, 2.05) is 30.5 Å². The maximum absolute atomic E-state index is 10.5. The molecule has 2 rings (SSSR count). The molecule has 0 aliphatic carbocycles. The van der Waals surface area contributed by atoms with Gasteiger partial charge in [0.25, 0.3) is 0 Å². The van der Waals surface area contributed by atoms with Gasteiger partial charge >= 0.3 is 5.97 Å². The Kier molecular flexibility index (Phi) is 4.51. The molecule has 1 aromatic carbocycles. The Morgan fingerprint density at radius 1 is 1.42 bits per heavy atom. The number of carbonyl (C=O) groups is 1. The number of thioether (sulfide) groups is 1. The van der Waals surface area contributed by atoms with Crippen molar-refractivity contribution in [1.29, 1.82) is 0 Å². The van der Waals surface area contributed by atoms with E-state index in [1.165, 1.54) is 0 Å². The van der Waals surface area contributed by atoms with Crippen molar-refractivity contribution in [2.75, 3.05) is 6.26 Å². The Morgan fingerprint density at radius 3 is 2.95 bits per heavy atom. The Hall–Kier alpha value is -1.89. The molecule has 0 saturated carbocycles. The number of carboxylic acid groups (broad SMARTS) is 1. The Morgan fingerprint density at radius 2 is 2.21 bits per heavy atom. The van der Waals surface area contributed by atoms with Crippen LogP contribution in [-0.4, -0.2) is 37.5 Å². The summed E-state index contributed by atoms with van der Waals surface area (Å²) in [5.41, 5.74) is 0.968. The predicted molar refractivity (Wildman–Crippen MR) is 71.9 cm³/mol. The Labute approximate surface area is 114 Å². The topological polar surface area (TPSA) is 80.9 Å². The second kappa shape index (κ2) is 6.33. The number of tetrazole rings is 1. The number of aryl methyl sites for hydroxylation is 1. The number of nitrogens with zero attached hydrogens (tertiary/aromatic N) is 4. The van der Waals surface area contributed by atoms with Crippen LogP contribution in [0, 0.1) is 0 Å². The van der Waals surface area contributed by atoms with Crippen LogP contribution < -0.4 is 0 Å². The van der Waals surface area contributed by atoms with E-state index in [9.17, 15) is 4.79 Å². The first-order valence-electron chi connectivity index (χ1n) is 5.83. The van der Waals surface area contributed by atoms with Gasteiger partial charge in [0.1, 0.15) is 0 Å². The highest BCUT2D eigenvalue weighted by Gasteiger charge is 2.12. The minimum atomic E-state index is -0.806. The molecule has 100 valence electrons. The van der Waals surface area contributed by atoms with E-state index in [0.29, 0.717) is 18.8 Å². The van der Waals surface area contributed by atoms with E-state index in [2.05, 4.69) is 15.5 Å². The summed E-state index contributed by atoms with van der Waals surface area (Å²) in [6.45, 7) is 0.497. The summed E-state index contributed by atoms with van der Waals surface area (Å²) in [5, 5.41) is 20.3. The molecule has 0 amide bonds. The molecular weight excluding hydrogens is 264 g/mol. The lowest BCUT2D eigenvalue weighted by atomic mass is 10.2. The van der Waals surface area contributed by atoms with Crippen LogP contribution >= 0.6 is 11.8 Å². The number of aromatic nitrogens is 4. The summed E-state index contributed by atoms with van der Waals surface area (Å²) in [6.07, 6.45) is 2.62. The van der Waals surface area contributed by atoms with Crippen LogP contribution in [0.3, 0.4) is 0 Å². The summed E-state index contributed by atoms with van der Waals surface area (Å²) in [4.78, 5) is 11.6. The molecule has 0 atom stereocenters. The zero-order valence-electron chi connectivity index (χ0n) is 10.5. The van der Waals surface area contributed by atoms with Crippen molar-refractivity contribution in [1.82, 2.24) is 20.2 Å². The highest BCUT2D eigenvalue weighted by molar-refractivity contribution is 7.98. The highest BCUT2D eigenvalue weighted by Crippen LogP contribution is 2.28. The third kappa shape index (κ3) is 3.31. The van der Waals surface area contributed by atoms with Crippen LogP contribution in [0.2, 0.25) is 0 Å². The smallest absolute Gasteiger partial charge is 0.303 e. The molecule has 1 N–H and O–H groups in total. The number of benzene rings is 1. The van der Waals surface area contributed by atoms with Gasteiger partial charge in [0.2, 0.25) is 0 Å². The van der Waals surface area contributed by atoms with Gasteiger partial charge in [-0.1, -0.05) is 12.1 Å².